The van der Waals surface area contributed by atoms with E-state index in [1.54, 1.807) is 0 Å². The molecule has 0 aromatic heterocycles. The van der Waals surface area contributed by atoms with Gasteiger partial charge in [0.2, 0.25) is 5.91 Å². The molecule has 1 saturated carbocycles. The minimum atomic E-state index is -1.09. The Bertz CT molecular complexity index is 218. The van der Waals surface area contributed by atoms with Gasteiger partial charge in [-0.15, -0.1) is 0 Å². The maximum Gasteiger partial charge on any atom is 0.228 e. The van der Waals surface area contributed by atoms with Gasteiger partial charge >= 0.3 is 0 Å². The molecule has 1 aliphatic carbocycles. The number of amides is 1. The first-order chi connectivity index (χ1) is 6.18. The van der Waals surface area contributed by atoms with E-state index in [0.29, 0.717) is 13.1 Å². The maximum absolute atomic E-state index is 13.4. The number of hydrogen-bond donors (Lipinski definition) is 0. The molecule has 1 atom stereocenters. The second-order valence-corrected chi connectivity index (χ2v) is 4.00. The Hall–Kier alpha value is -0.640. The molecule has 2 aliphatic rings. The highest BCUT2D eigenvalue weighted by Gasteiger charge is 2.38. The van der Waals surface area contributed by atoms with Crippen LogP contribution in [0.4, 0.5) is 4.39 Å². The summed E-state index contributed by atoms with van der Waals surface area (Å²) in [5.74, 6) is 0.169. The van der Waals surface area contributed by atoms with Crippen LogP contribution in [0, 0.1) is 5.92 Å². The summed E-state index contributed by atoms with van der Waals surface area (Å²) in [6, 6.07) is 0. The van der Waals surface area contributed by atoms with Gasteiger partial charge in [0.05, 0.1) is 0 Å². The summed E-state index contributed by atoms with van der Waals surface area (Å²) in [7, 11) is 1.88. The smallest absolute Gasteiger partial charge is 0.228 e. The summed E-state index contributed by atoms with van der Waals surface area (Å²) in [5, 5.41) is 0. The van der Waals surface area contributed by atoms with E-state index in [9.17, 15) is 9.18 Å². The summed E-state index contributed by atoms with van der Waals surface area (Å²) in [6.45, 7) is 1.70. The molecule has 74 valence electrons. The van der Waals surface area contributed by atoms with Crippen LogP contribution in [0.5, 0.6) is 0 Å². The number of rotatable bonds is 1. The monoisotopic (exact) mass is 186 g/mol. The van der Waals surface area contributed by atoms with Gasteiger partial charge < -0.3 is 4.90 Å². The van der Waals surface area contributed by atoms with Crippen LogP contribution >= 0.6 is 0 Å². The fourth-order valence-corrected chi connectivity index (χ4v) is 1.68. The van der Waals surface area contributed by atoms with Crippen LogP contribution in [-0.4, -0.2) is 48.7 Å². The number of carbonyl (C=O) groups excluding carboxylic acids is 1. The Morgan fingerprint density at radius 3 is 2.62 bits per heavy atom. The summed E-state index contributed by atoms with van der Waals surface area (Å²) >= 11 is 0. The second kappa shape index (κ2) is 3.25. The molecule has 0 radical (unpaired) electrons. The fraction of sp³-hybridized carbons (Fsp3) is 0.889. The first kappa shape index (κ1) is 8.94. The molecule has 3 nitrogen and oxygen atoms in total. The van der Waals surface area contributed by atoms with Crippen molar-refractivity contribution in [2.24, 2.45) is 5.92 Å². The van der Waals surface area contributed by atoms with Crippen LogP contribution in [-0.2, 0) is 4.79 Å². The number of piperazine rings is 1. The van der Waals surface area contributed by atoms with Gasteiger partial charge in [0.1, 0.15) is 0 Å². The Morgan fingerprint density at radius 1 is 1.38 bits per heavy atom. The standard InChI is InChI=1S/C9H15FN2O/c1-11-4-5-12(8(10)6-11)9(13)7-2-3-7/h7-8H,2-6H2,1H3. The third-order valence-electron chi connectivity index (χ3n) is 2.73. The molecule has 1 heterocycles. The second-order valence-electron chi connectivity index (χ2n) is 4.00. The van der Waals surface area contributed by atoms with E-state index in [0.717, 1.165) is 19.4 Å². The fourth-order valence-electron chi connectivity index (χ4n) is 1.68. The average molecular weight is 186 g/mol. The SMILES string of the molecule is CN1CCN(C(=O)C2CC2)C(F)C1. The van der Waals surface area contributed by atoms with Gasteiger partial charge in [0.15, 0.2) is 6.30 Å². The molecule has 0 aromatic rings. The van der Waals surface area contributed by atoms with Crippen molar-refractivity contribution in [3.05, 3.63) is 0 Å². The molecule has 0 N–H and O–H groups in total. The van der Waals surface area contributed by atoms with Crippen molar-refractivity contribution in [3.8, 4) is 0 Å². The molecule has 0 spiro atoms. The molecule has 1 saturated heterocycles. The van der Waals surface area contributed by atoms with Crippen LogP contribution in [0.2, 0.25) is 0 Å². The predicted molar refractivity (Wildman–Crippen MR) is 46.8 cm³/mol. The van der Waals surface area contributed by atoms with Crippen molar-refractivity contribution in [3.63, 3.8) is 0 Å². The minimum absolute atomic E-state index is 0.0283. The maximum atomic E-state index is 13.4. The lowest BCUT2D eigenvalue weighted by atomic mass is 10.2. The highest BCUT2D eigenvalue weighted by atomic mass is 19.1. The molecule has 0 aromatic carbocycles. The van der Waals surface area contributed by atoms with E-state index in [1.807, 2.05) is 11.9 Å². The van der Waals surface area contributed by atoms with E-state index >= 15 is 0 Å². The van der Waals surface area contributed by atoms with E-state index in [1.165, 1.54) is 4.90 Å². The highest BCUT2D eigenvalue weighted by molar-refractivity contribution is 5.81. The minimum Gasteiger partial charge on any atom is -0.310 e. The number of carbonyl (C=O) groups is 1. The topological polar surface area (TPSA) is 23.6 Å². The van der Waals surface area contributed by atoms with Crippen molar-refractivity contribution in [2.45, 2.75) is 19.1 Å². The lowest BCUT2D eigenvalue weighted by Crippen LogP contribution is -2.52. The normalized spacial score (nSPS) is 30.6. The van der Waals surface area contributed by atoms with Crippen molar-refractivity contribution in [1.82, 2.24) is 9.80 Å². The van der Waals surface area contributed by atoms with E-state index in [2.05, 4.69) is 0 Å². The van der Waals surface area contributed by atoms with Crippen LogP contribution in [0.15, 0.2) is 0 Å². The van der Waals surface area contributed by atoms with Gasteiger partial charge in [-0.1, -0.05) is 0 Å². The third-order valence-corrected chi connectivity index (χ3v) is 2.73. The van der Waals surface area contributed by atoms with Gasteiger partial charge in [0, 0.05) is 25.6 Å². The highest BCUT2D eigenvalue weighted by Crippen LogP contribution is 2.32. The quantitative estimate of drug-likeness (QED) is 0.556. The Balaban J connectivity index is 1.94. The third kappa shape index (κ3) is 1.82. The van der Waals surface area contributed by atoms with Crippen LogP contribution in [0.1, 0.15) is 12.8 Å². The van der Waals surface area contributed by atoms with Crippen LogP contribution < -0.4 is 0 Å². The number of likely N-dealkylation sites (N-methyl/N-ethyl adjacent to an activating group) is 1. The van der Waals surface area contributed by atoms with Gasteiger partial charge in [-0.25, -0.2) is 4.39 Å². The van der Waals surface area contributed by atoms with Gasteiger partial charge in [-0.3, -0.25) is 9.69 Å². The zero-order chi connectivity index (χ0) is 9.42. The average Bonchev–Trinajstić information content (AvgIpc) is 2.85. The number of hydrogen-bond acceptors (Lipinski definition) is 2. The first-order valence-corrected chi connectivity index (χ1v) is 4.81. The van der Waals surface area contributed by atoms with Crippen LogP contribution in [0.3, 0.4) is 0 Å². The number of halogens is 1. The summed E-state index contributed by atoms with van der Waals surface area (Å²) < 4.78 is 13.4. The number of alkyl halides is 1. The van der Waals surface area contributed by atoms with Crippen molar-refractivity contribution >= 4 is 5.91 Å². The molecule has 1 unspecified atom stereocenters. The summed E-state index contributed by atoms with van der Waals surface area (Å²) in [4.78, 5) is 14.9. The van der Waals surface area contributed by atoms with E-state index in [-0.39, 0.29) is 11.8 Å². The zero-order valence-corrected chi connectivity index (χ0v) is 7.87. The summed E-state index contributed by atoms with van der Waals surface area (Å²) in [6.07, 6.45) is 0.822. The molecule has 1 amide bonds. The molecule has 2 rings (SSSR count). The molecular formula is C9H15FN2O. The van der Waals surface area contributed by atoms with E-state index < -0.39 is 6.30 Å². The Labute approximate surface area is 77.5 Å². The molecule has 1 aliphatic heterocycles. The number of nitrogens with zero attached hydrogens (tertiary/aromatic N) is 2. The molecular weight excluding hydrogens is 171 g/mol. The van der Waals surface area contributed by atoms with Gasteiger partial charge in [0.25, 0.3) is 0 Å². The van der Waals surface area contributed by atoms with Gasteiger partial charge in [-0.05, 0) is 19.9 Å². The Morgan fingerprint density at radius 2 is 2.08 bits per heavy atom. The Kier molecular flexibility index (Phi) is 2.24. The molecule has 13 heavy (non-hydrogen) atoms. The lowest BCUT2D eigenvalue weighted by molar-refractivity contribution is -0.142. The zero-order valence-electron chi connectivity index (χ0n) is 7.87. The van der Waals surface area contributed by atoms with E-state index in [4.69, 9.17) is 0 Å². The molecule has 4 heteroatoms. The largest absolute Gasteiger partial charge is 0.310 e. The predicted octanol–water partition coefficient (Wildman–Crippen LogP) is 0.466. The van der Waals surface area contributed by atoms with Crippen LogP contribution in [0.25, 0.3) is 0 Å². The summed E-state index contributed by atoms with van der Waals surface area (Å²) in [5.41, 5.74) is 0. The molecule has 0 bridgehead atoms. The molecule has 2 fully saturated rings. The lowest BCUT2D eigenvalue weighted by Gasteiger charge is -2.35. The van der Waals surface area contributed by atoms with Gasteiger partial charge in [-0.2, -0.15) is 0 Å². The van der Waals surface area contributed by atoms with Crippen molar-refractivity contribution in [2.75, 3.05) is 26.7 Å². The van der Waals surface area contributed by atoms with Crippen molar-refractivity contribution < 1.29 is 9.18 Å². The first-order valence-electron chi connectivity index (χ1n) is 4.81. The van der Waals surface area contributed by atoms with Crippen molar-refractivity contribution in [1.29, 1.82) is 0 Å².